The fraction of sp³-hybridized carbons (Fsp3) is 0. The average Bonchev–Trinajstić information content (AvgIpc) is 2.73. The van der Waals surface area contributed by atoms with E-state index in [1.807, 2.05) is 72.8 Å². The minimum Gasteiger partial charge on any atom is -0.280 e. The van der Waals surface area contributed by atoms with Gasteiger partial charge in [-0.25, -0.2) is 0 Å². The molecule has 0 aliphatic heterocycles. The molecule has 26 heavy (non-hydrogen) atoms. The highest BCUT2D eigenvalue weighted by atomic mass is 16.2. The van der Waals surface area contributed by atoms with Crippen molar-refractivity contribution >= 4 is 22.5 Å². The first-order valence-corrected chi connectivity index (χ1v) is 8.25. The summed E-state index contributed by atoms with van der Waals surface area (Å²) in [5.74, 6) is 0.271. The van der Waals surface area contributed by atoms with Gasteiger partial charge < -0.3 is 0 Å². The number of hydrazine groups is 1. The monoisotopic (exact) mass is 340 g/mol. The highest BCUT2D eigenvalue weighted by Gasteiger charge is 2.11. The average molecular weight is 340 g/mol. The minimum atomic E-state index is -0.233. The molecule has 0 spiro atoms. The van der Waals surface area contributed by atoms with Crippen molar-refractivity contribution in [1.29, 1.82) is 0 Å². The smallest absolute Gasteiger partial charge is 0.269 e. The first-order chi connectivity index (χ1) is 12.8. The highest BCUT2D eigenvalue weighted by Crippen LogP contribution is 2.29. The molecule has 2 N–H and O–H groups in total. The predicted molar refractivity (Wildman–Crippen MR) is 103 cm³/mol. The van der Waals surface area contributed by atoms with Crippen LogP contribution in [0.3, 0.4) is 0 Å². The number of hydrogen-bond acceptors (Lipinski definition) is 4. The number of hydrogen-bond donors (Lipinski definition) is 2. The van der Waals surface area contributed by atoms with Crippen LogP contribution in [0.25, 0.3) is 22.0 Å². The molecule has 5 nitrogen and oxygen atoms in total. The quantitative estimate of drug-likeness (QED) is 0.550. The van der Waals surface area contributed by atoms with Crippen molar-refractivity contribution in [3.8, 4) is 11.3 Å². The van der Waals surface area contributed by atoms with E-state index < -0.39 is 0 Å². The molecule has 0 atom stereocenters. The number of nitrogens with zero attached hydrogens (tertiary/aromatic N) is 2. The second kappa shape index (κ2) is 7.03. The van der Waals surface area contributed by atoms with E-state index in [4.69, 9.17) is 0 Å². The van der Waals surface area contributed by atoms with Gasteiger partial charge >= 0.3 is 0 Å². The Bertz CT molecular complexity index is 1050. The maximum atomic E-state index is 12.2. The largest absolute Gasteiger partial charge is 0.280 e. The van der Waals surface area contributed by atoms with E-state index in [-0.39, 0.29) is 5.91 Å². The predicted octanol–water partition coefficient (Wildman–Crippen LogP) is 4.05. The molecule has 1 amide bonds. The van der Waals surface area contributed by atoms with Crippen LogP contribution < -0.4 is 10.9 Å². The zero-order valence-electron chi connectivity index (χ0n) is 13.9. The Labute approximate surface area is 150 Å². The lowest BCUT2D eigenvalue weighted by molar-refractivity contribution is 0.0962. The zero-order valence-corrected chi connectivity index (χ0v) is 13.9. The molecular formula is C21H16N4O. The molecule has 0 fully saturated rings. The molecule has 0 unspecified atom stereocenters. The third kappa shape index (κ3) is 3.10. The van der Waals surface area contributed by atoms with Gasteiger partial charge in [-0.2, -0.15) is 0 Å². The normalized spacial score (nSPS) is 10.5. The Morgan fingerprint density at radius 3 is 2.04 bits per heavy atom. The minimum absolute atomic E-state index is 0.233. The summed E-state index contributed by atoms with van der Waals surface area (Å²) in [4.78, 5) is 12.2. The SMILES string of the molecule is O=C(NNc1nnc(-c2ccccc2)c2ccccc12)c1ccccc1. The van der Waals surface area contributed by atoms with E-state index in [0.29, 0.717) is 11.4 Å². The molecule has 1 heterocycles. The van der Waals surface area contributed by atoms with Gasteiger partial charge in [0.15, 0.2) is 5.82 Å². The fourth-order valence-corrected chi connectivity index (χ4v) is 2.78. The van der Waals surface area contributed by atoms with Crippen LogP contribution in [0.1, 0.15) is 10.4 Å². The first-order valence-electron chi connectivity index (χ1n) is 8.25. The van der Waals surface area contributed by atoms with Crippen molar-refractivity contribution in [3.63, 3.8) is 0 Å². The van der Waals surface area contributed by atoms with Crippen molar-refractivity contribution in [2.24, 2.45) is 0 Å². The molecule has 1 aromatic heterocycles. The maximum Gasteiger partial charge on any atom is 0.269 e. The summed E-state index contributed by atoms with van der Waals surface area (Å²) in [6.45, 7) is 0. The number of carbonyl (C=O) groups is 1. The molecule has 126 valence electrons. The Morgan fingerprint density at radius 2 is 1.31 bits per heavy atom. The van der Waals surface area contributed by atoms with E-state index in [9.17, 15) is 4.79 Å². The lowest BCUT2D eigenvalue weighted by atomic mass is 10.0. The number of nitrogens with one attached hydrogen (secondary N) is 2. The lowest BCUT2D eigenvalue weighted by Gasteiger charge is -2.12. The summed E-state index contributed by atoms with van der Waals surface area (Å²) < 4.78 is 0. The van der Waals surface area contributed by atoms with Crippen LogP contribution in [-0.2, 0) is 0 Å². The van der Waals surface area contributed by atoms with E-state index in [0.717, 1.165) is 22.0 Å². The molecule has 4 aromatic rings. The molecule has 0 aliphatic rings. The van der Waals surface area contributed by atoms with Crippen molar-refractivity contribution in [1.82, 2.24) is 15.6 Å². The van der Waals surface area contributed by atoms with Crippen LogP contribution >= 0.6 is 0 Å². The summed E-state index contributed by atoms with van der Waals surface area (Å²) in [6.07, 6.45) is 0. The number of anilines is 1. The molecule has 0 saturated heterocycles. The summed E-state index contributed by atoms with van der Waals surface area (Å²) in [6, 6.07) is 26.8. The van der Waals surface area contributed by atoms with Crippen molar-refractivity contribution in [3.05, 3.63) is 90.5 Å². The number of carbonyl (C=O) groups excluding carboxylic acids is 1. The highest BCUT2D eigenvalue weighted by molar-refractivity contribution is 6.01. The molecular weight excluding hydrogens is 324 g/mol. The van der Waals surface area contributed by atoms with Crippen LogP contribution in [0.2, 0.25) is 0 Å². The standard InChI is InChI=1S/C21H16N4O/c26-21(16-11-5-2-6-12-16)25-24-20-18-14-8-7-13-17(18)19(22-23-20)15-9-3-1-4-10-15/h1-14H,(H,23,24)(H,25,26). The van der Waals surface area contributed by atoms with Crippen LogP contribution in [0, 0.1) is 0 Å². The van der Waals surface area contributed by atoms with Gasteiger partial charge in [0.05, 0.1) is 0 Å². The maximum absolute atomic E-state index is 12.2. The second-order valence-corrected chi connectivity index (χ2v) is 5.75. The fourth-order valence-electron chi connectivity index (χ4n) is 2.78. The van der Waals surface area contributed by atoms with E-state index in [1.54, 1.807) is 12.1 Å². The summed E-state index contributed by atoms with van der Waals surface area (Å²) in [7, 11) is 0. The van der Waals surface area contributed by atoms with E-state index in [2.05, 4.69) is 21.0 Å². The van der Waals surface area contributed by atoms with Gasteiger partial charge in [0.1, 0.15) is 5.69 Å². The Morgan fingerprint density at radius 1 is 0.692 bits per heavy atom. The zero-order chi connectivity index (χ0) is 17.8. The van der Waals surface area contributed by atoms with E-state index in [1.165, 1.54) is 0 Å². The van der Waals surface area contributed by atoms with Crippen LogP contribution in [0.4, 0.5) is 5.82 Å². The first kappa shape index (κ1) is 15.8. The second-order valence-electron chi connectivity index (χ2n) is 5.75. The topological polar surface area (TPSA) is 66.9 Å². The lowest BCUT2D eigenvalue weighted by Crippen LogP contribution is -2.30. The number of fused-ring (bicyclic) bond motifs is 1. The Kier molecular flexibility index (Phi) is 4.26. The van der Waals surface area contributed by atoms with Crippen molar-refractivity contribution in [2.45, 2.75) is 0 Å². The molecule has 0 radical (unpaired) electrons. The number of amides is 1. The Hall–Kier alpha value is -3.73. The summed E-state index contributed by atoms with van der Waals surface area (Å²) in [5.41, 5.74) is 7.94. The molecule has 0 bridgehead atoms. The van der Waals surface area contributed by atoms with Gasteiger partial charge in [-0.15, -0.1) is 10.2 Å². The van der Waals surface area contributed by atoms with Crippen LogP contribution in [0.15, 0.2) is 84.9 Å². The molecule has 0 aliphatic carbocycles. The molecule has 0 saturated carbocycles. The third-order valence-electron chi connectivity index (χ3n) is 4.06. The van der Waals surface area contributed by atoms with Gasteiger partial charge in [-0.1, -0.05) is 72.8 Å². The number of benzene rings is 3. The Balaban J connectivity index is 1.66. The summed E-state index contributed by atoms with van der Waals surface area (Å²) in [5, 5.41) is 10.5. The van der Waals surface area contributed by atoms with Gasteiger partial charge in [0, 0.05) is 21.9 Å². The number of rotatable bonds is 4. The van der Waals surface area contributed by atoms with Crippen molar-refractivity contribution in [2.75, 3.05) is 5.43 Å². The molecule has 5 heteroatoms. The summed E-state index contributed by atoms with van der Waals surface area (Å²) >= 11 is 0. The van der Waals surface area contributed by atoms with Gasteiger partial charge in [0.2, 0.25) is 0 Å². The molecule has 4 rings (SSSR count). The van der Waals surface area contributed by atoms with Gasteiger partial charge in [-0.3, -0.25) is 15.6 Å². The number of aromatic nitrogens is 2. The van der Waals surface area contributed by atoms with Crippen molar-refractivity contribution < 1.29 is 4.79 Å². The van der Waals surface area contributed by atoms with Gasteiger partial charge in [0.25, 0.3) is 5.91 Å². The third-order valence-corrected chi connectivity index (χ3v) is 4.06. The molecule has 3 aromatic carbocycles. The van der Waals surface area contributed by atoms with E-state index >= 15 is 0 Å². The van der Waals surface area contributed by atoms with Gasteiger partial charge in [-0.05, 0) is 12.1 Å². The van der Waals surface area contributed by atoms with Crippen LogP contribution in [0.5, 0.6) is 0 Å². The van der Waals surface area contributed by atoms with Crippen LogP contribution in [-0.4, -0.2) is 16.1 Å².